The van der Waals surface area contributed by atoms with Crippen LogP contribution >= 0.6 is 0 Å². The number of carbonyl (C=O) groups excluding carboxylic acids is 1. The summed E-state index contributed by atoms with van der Waals surface area (Å²) >= 11 is 0. The van der Waals surface area contributed by atoms with Crippen LogP contribution in [0.2, 0.25) is 0 Å². The van der Waals surface area contributed by atoms with Crippen molar-refractivity contribution in [3.05, 3.63) is 0 Å². The summed E-state index contributed by atoms with van der Waals surface area (Å²) in [4.78, 5) is 12.1. The average molecular weight is 268 g/mol. The molecule has 1 aliphatic carbocycles. The minimum absolute atomic E-state index is 0.0519. The summed E-state index contributed by atoms with van der Waals surface area (Å²) in [5, 5.41) is 16.7. The van der Waals surface area contributed by atoms with Crippen LogP contribution in [-0.2, 0) is 4.79 Å². The van der Waals surface area contributed by atoms with Gasteiger partial charge >= 0.3 is 0 Å². The first-order chi connectivity index (χ1) is 9.04. The minimum atomic E-state index is -0.677. The zero-order chi connectivity index (χ0) is 13.9. The molecule has 1 saturated carbocycles. The molecule has 2 unspecified atom stereocenters. The van der Waals surface area contributed by atoms with Crippen molar-refractivity contribution in [3.8, 4) is 0 Å². The van der Waals surface area contributed by atoms with E-state index in [0.717, 1.165) is 44.6 Å². The monoisotopic (exact) mass is 268 g/mol. The highest BCUT2D eigenvalue weighted by molar-refractivity contribution is 5.82. The Bertz CT molecular complexity index is 311. The van der Waals surface area contributed by atoms with Crippen molar-refractivity contribution in [1.29, 1.82) is 0 Å². The highest BCUT2D eigenvalue weighted by Crippen LogP contribution is 2.33. The first kappa shape index (κ1) is 14.8. The standard InChI is InChI=1S/C15H28N2O2/c1-3-12-4-7-15(19,8-5-12)10-17-14(18)13-11(2)6-9-16-13/h11-13,16,19H,3-10H2,1-2H3,(H,17,18). The van der Waals surface area contributed by atoms with Crippen LogP contribution in [-0.4, -0.2) is 35.7 Å². The van der Waals surface area contributed by atoms with Gasteiger partial charge < -0.3 is 15.7 Å². The molecule has 2 rings (SSSR count). The van der Waals surface area contributed by atoms with Gasteiger partial charge in [0.1, 0.15) is 0 Å². The molecule has 110 valence electrons. The van der Waals surface area contributed by atoms with E-state index in [1.807, 2.05) is 0 Å². The van der Waals surface area contributed by atoms with E-state index in [0.29, 0.717) is 12.5 Å². The highest BCUT2D eigenvalue weighted by atomic mass is 16.3. The van der Waals surface area contributed by atoms with Crippen LogP contribution in [0.15, 0.2) is 0 Å². The van der Waals surface area contributed by atoms with Crippen molar-refractivity contribution in [2.75, 3.05) is 13.1 Å². The van der Waals surface area contributed by atoms with Crippen molar-refractivity contribution in [3.63, 3.8) is 0 Å². The minimum Gasteiger partial charge on any atom is -0.388 e. The Morgan fingerprint density at radius 2 is 2.05 bits per heavy atom. The van der Waals surface area contributed by atoms with E-state index in [1.54, 1.807) is 0 Å². The second kappa shape index (κ2) is 6.23. The van der Waals surface area contributed by atoms with Crippen LogP contribution in [0.1, 0.15) is 52.4 Å². The number of rotatable bonds is 4. The van der Waals surface area contributed by atoms with Gasteiger partial charge in [-0.05, 0) is 50.5 Å². The van der Waals surface area contributed by atoms with Crippen molar-refractivity contribution < 1.29 is 9.90 Å². The maximum atomic E-state index is 12.1. The maximum absolute atomic E-state index is 12.1. The largest absolute Gasteiger partial charge is 0.388 e. The third-order valence-corrected chi connectivity index (χ3v) is 5.02. The van der Waals surface area contributed by atoms with E-state index >= 15 is 0 Å². The van der Waals surface area contributed by atoms with Gasteiger partial charge in [0, 0.05) is 6.54 Å². The summed E-state index contributed by atoms with van der Waals surface area (Å²) < 4.78 is 0. The molecule has 0 bridgehead atoms. The molecule has 1 saturated heterocycles. The van der Waals surface area contributed by atoms with Crippen LogP contribution in [0.25, 0.3) is 0 Å². The third-order valence-electron chi connectivity index (χ3n) is 5.02. The summed E-state index contributed by atoms with van der Waals surface area (Å²) in [6, 6.07) is -0.0735. The van der Waals surface area contributed by atoms with Gasteiger partial charge in [0.25, 0.3) is 0 Å². The molecule has 0 aromatic carbocycles. The fourth-order valence-corrected chi connectivity index (χ4v) is 3.35. The number of hydrogen-bond donors (Lipinski definition) is 3. The number of nitrogens with one attached hydrogen (secondary N) is 2. The van der Waals surface area contributed by atoms with E-state index < -0.39 is 5.60 Å². The maximum Gasteiger partial charge on any atom is 0.237 e. The van der Waals surface area contributed by atoms with Crippen LogP contribution in [0.4, 0.5) is 0 Å². The Hall–Kier alpha value is -0.610. The molecule has 0 spiro atoms. The van der Waals surface area contributed by atoms with E-state index in [-0.39, 0.29) is 11.9 Å². The van der Waals surface area contributed by atoms with E-state index in [1.165, 1.54) is 6.42 Å². The lowest BCUT2D eigenvalue weighted by Crippen LogP contribution is -2.50. The molecule has 0 aromatic rings. The molecule has 19 heavy (non-hydrogen) atoms. The summed E-state index contributed by atoms with van der Waals surface area (Å²) in [5.41, 5.74) is -0.677. The Morgan fingerprint density at radius 1 is 1.37 bits per heavy atom. The van der Waals surface area contributed by atoms with Gasteiger partial charge in [-0.1, -0.05) is 20.3 Å². The second-order valence-corrected chi connectivity index (χ2v) is 6.49. The Balaban J connectivity index is 1.77. The van der Waals surface area contributed by atoms with Crippen LogP contribution in [0.5, 0.6) is 0 Å². The number of hydrogen-bond acceptors (Lipinski definition) is 3. The summed E-state index contributed by atoms with van der Waals surface area (Å²) in [6.07, 6.45) is 6.06. The van der Waals surface area contributed by atoms with Crippen LogP contribution < -0.4 is 10.6 Å². The van der Waals surface area contributed by atoms with Gasteiger partial charge in [-0.15, -0.1) is 0 Å². The SMILES string of the molecule is CCC1CCC(O)(CNC(=O)C2NCCC2C)CC1. The molecule has 0 aromatic heterocycles. The van der Waals surface area contributed by atoms with Gasteiger partial charge in [-0.25, -0.2) is 0 Å². The average Bonchev–Trinajstić information content (AvgIpc) is 2.83. The molecule has 3 N–H and O–H groups in total. The molecule has 2 fully saturated rings. The molecular formula is C15H28N2O2. The fourth-order valence-electron chi connectivity index (χ4n) is 3.35. The van der Waals surface area contributed by atoms with Gasteiger partial charge in [0.05, 0.1) is 11.6 Å². The second-order valence-electron chi connectivity index (χ2n) is 6.49. The van der Waals surface area contributed by atoms with Gasteiger partial charge in [0.15, 0.2) is 0 Å². The van der Waals surface area contributed by atoms with E-state index in [2.05, 4.69) is 24.5 Å². The van der Waals surface area contributed by atoms with Crippen LogP contribution in [0, 0.1) is 11.8 Å². The van der Waals surface area contributed by atoms with Gasteiger partial charge in [-0.3, -0.25) is 4.79 Å². The lowest BCUT2D eigenvalue weighted by molar-refractivity contribution is -0.125. The Labute approximate surface area is 116 Å². The summed E-state index contributed by atoms with van der Waals surface area (Å²) in [6.45, 7) is 5.64. The molecule has 4 nitrogen and oxygen atoms in total. The van der Waals surface area contributed by atoms with Gasteiger partial charge in [0.2, 0.25) is 5.91 Å². The first-order valence-corrected chi connectivity index (χ1v) is 7.77. The molecule has 4 heteroatoms. The molecule has 2 atom stereocenters. The fraction of sp³-hybridized carbons (Fsp3) is 0.933. The molecule has 0 radical (unpaired) electrons. The predicted molar refractivity (Wildman–Crippen MR) is 75.8 cm³/mol. The molecular weight excluding hydrogens is 240 g/mol. The van der Waals surface area contributed by atoms with Crippen molar-refractivity contribution in [2.24, 2.45) is 11.8 Å². The van der Waals surface area contributed by atoms with Crippen LogP contribution in [0.3, 0.4) is 0 Å². The zero-order valence-corrected chi connectivity index (χ0v) is 12.2. The number of carbonyl (C=O) groups is 1. The summed E-state index contributed by atoms with van der Waals surface area (Å²) in [5.74, 6) is 1.20. The van der Waals surface area contributed by atoms with Crippen molar-refractivity contribution in [1.82, 2.24) is 10.6 Å². The number of aliphatic hydroxyl groups is 1. The summed E-state index contributed by atoms with van der Waals surface area (Å²) in [7, 11) is 0. The quantitative estimate of drug-likeness (QED) is 0.723. The first-order valence-electron chi connectivity index (χ1n) is 7.77. The lowest BCUT2D eigenvalue weighted by atomic mass is 9.78. The van der Waals surface area contributed by atoms with Crippen molar-refractivity contribution in [2.45, 2.75) is 64.0 Å². The molecule has 1 aliphatic heterocycles. The third kappa shape index (κ3) is 3.69. The zero-order valence-electron chi connectivity index (χ0n) is 12.2. The van der Waals surface area contributed by atoms with Crippen molar-refractivity contribution >= 4 is 5.91 Å². The highest BCUT2D eigenvalue weighted by Gasteiger charge is 2.35. The topological polar surface area (TPSA) is 61.4 Å². The Kier molecular flexibility index (Phi) is 4.85. The Morgan fingerprint density at radius 3 is 2.58 bits per heavy atom. The molecule has 1 amide bonds. The molecule has 1 heterocycles. The van der Waals surface area contributed by atoms with Gasteiger partial charge in [-0.2, -0.15) is 0 Å². The number of amides is 1. The van der Waals surface area contributed by atoms with E-state index in [9.17, 15) is 9.90 Å². The van der Waals surface area contributed by atoms with E-state index in [4.69, 9.17) is 0 Å². The smallest absolute Gasteiger partial charge is 0.237 e. The predicted octanol–water partition coefficient (Wildman–Crippen LogP) is 1.43. The molecule has 2 aliphatic rings. The normalized spacial score (nSPS) is 39.2. The lowest BCUT2D eigenvalue weighted by Gasteiger charge is -2.36.